The highest BCUT2D eigenvalue weighted by atomic mass is 16.6. The minimum absolute atomic E-state index is 0.0399. The summed E-state index contributed by atoms with van der Waals surface area (Å²) in [6, 6.07) is 0. The van der Waals surface area contributed by atoms with Crippen LogP contribution >= 0.6 is 0 Å². The van der Waals surface area contributed by atoms with Gasteiger partial charge in [0.25, 0.3) is 0 Å². The van der Waals surface area contributed by atoms with Crippen LogP contribution in [0.4, 0.5) is 0 Å². The molecule has 4 aliphatic carbocycles. The van der Waals surface area contributed by atoms with Gasteiger partial charge >= 0.3 is 5.97 Å². The Morgan fingerprint density at radius 3 is 2.55 bits per heavy atom. The molecule has 9 atom stereocenters. The number of rotatable bonds is 3. The predicted molar refractivity (Wildman–Crippen MR) is 116 cm³/mol. The van der Waals surface area contributed by atoms with E-state index in [0.29, 0.717) is 17.1 Å². The third-order valence-electron chi connectivity index (χ3n) is 9.14. The first kappa shape index (κ1) is 22.7. The highest BCUT2D eigenvalue weighted by Crippen LogP contribution is 2.72. The van der Waals surface area contributed by atoms with Crippen molar-refractivity contribution in [1.82, 2.24) is 0 Å². The third kappa shape index (κ3) is 2.68. The highest BCUT2D eigenvalue weighted by Gasteiger charge is 2.76. The summed E-state index contributed by atoms with van der Waals surface area (Å²) in [6.07, 6.45) is 2.46. The number of esters is 1. The lowest BCUT2D eigenvalue weighted by Crippen LogP contribution is -2.66. The first-order chi connectivity index (χ1) is 14.4. The van der Waals surface area contributed by atoms with Crippen LogP contribution in [-0.2, 0) is 9.53 Å². The summed E-state index contributed by atoms with van der Waals surface area (Å²) in [5.41, 5.74) is -1.86. The molecule has 0 heterocycles. The van der Waals surface area contributed by atoms with Gasteiger partial charge in [0.05, 0.1) is 18.1 Å². The maximum atomic E-state index is 12.6. The standard InChI is InChI=1S/C25H36O6/c1-7-12(2)22(29)31-21-13(3)10-24-14(4)8-17-18(23(17,5)6)16(20(24)28)9-15(11-26)19(27)25(21,24)30/h7,9-10,14,16-21,26-28,30H,8,11H2,1-6H3/b12-7-/t14-,16+,17?,18?,19-,20?,21+,24?,25+/m1/s1. The van der Waals surface area contributed by atoms with Crippen molar-refractivity contribution in [2.75, 3.05) is 6.61 Å². The fraction of sp³-hybridized carbons (Fsp3) is 0.720. The molecule has 31 heavy (non-hydrogen) atoms. The van der Waals surface area contributed by atoms with Crippen molar-refractivity contribution in [2.45, 2.75) is 71.9 Å². The van der Waals surface area contributed by atoms with Gasteiger partial charge in [-0.05, 0) is 61.5 Å². The van der Waals surface area contributed by atoms with E-state index >= 15 is 0 Å². The summed E-state index contributed by atoms with van der Waals surface area (Å²) in [5.74, 6) is -0.493. The van der Waals surface area contributed by atoms with E-state index in [2.05, 4.69) is 13.8 Å². The van der Waals surface area contributed by atoms with E-state index in [-0.39, 0.29) is 28.7 Å². The molecule has 1 spiro atoms. The number of hydrogen-bond donors (Lipinski definition) is 4. The largest absolute Gasteiger partial charge is 0.451 e. The van der Waals surface area contributed by atoms with E-state index in [9.17, 15) is 25.2 Å². The summed E-state index contributed by atoms with van der Waals surface area (Å²) < 4.78 is 5.76. The number of hydrogen-bond acceptors (Lipinski definition) is 6. The molecule has 4 N–H and O–H groups in total. The van der Waals surface area contributed by atoms with Crippen LogP contribution in [0.2, 0.25) is 0 Å². The predicted octanol–water partition coefficient (Wildman–Crippen LogP) is 2.12. The van der Waals surface area contributed by atoms with E-state index in [1.165, 1.54) is 0 Å². The Morgan fingerprint density at radius 1 is 1.32 bits per heavy atom. The molecule has 4 unspecified atom stereocenters. The molecule has 0 aromatic heterocycles. The number of carbonyl (C=O) groups is 1. The zero-order valence-electron chi connectivity index (χ0n) is 19.3. The first-order valence-electron chi connectivity index (χ1n) is 11.3. The zero-order chi connectivity index (χ0) is 23.1. The second-order valence-electron chi connectivity index (χ2n) is 10.8. The normalized spacial score (nSPS) is 47.9. The number of carbonyl (C=O) groups excluding carboxylic acids is 1. The molecule has 6 nitrogen and oxygen atoms in total. The SMILES string of the molecule is C/C=C(/C)C(=O)O[C@H]1C(C)=CC23C(O)[C@@H](C=C(CO)[C@@H](O)[C@]12O)C1C(C[C@H]3C)C1(C)C. The molecule has 2 bridgehead atoms. The lowest BCUT2D eigenvalue weighted by Gasteiger charge is -2.52. The molecular formula is C25H36O6. The Balaban J connectivity index is 1.90. The van der Waals surface area contributed by atoms with Crippen molar-refractivity contribution in [2.24, 2.45) is 34.5 Å². The molecule has 0 aromatic rings. The van der Waals surface area contributed by atoms with Gasteiger partial charge < -0.3 is 25.2 Å². The van der Waals surface area contributed by atoms with Crippen LogP contribution in [-0.4, -0.2) is 56.9 Å². The van der Waals surface area contributed by atoms with Gasteiger partial charge in [0, 0.05) is 11.5 Å². The van der Waals surface area contributed by atoms with Gasteiger partial charge in [-0.15, -0.1) is 0 Å². The Kier molecular flexibility index (Phi) is 5.14. The average molecular weight is 433 g/mol. The molecule has 0 amide bonds. The lowest BCUT2D eigenvalue weighted by molar-refractivity contribution is -0.223. The number of ether oxygens (including phenoxy) is 1. The fourth-order valence-corrected chi connectivity index (χ4v) is 7.22. The van der Waals surface area contributed by atoms with Gasteiger partial charge in [-0.2, -0.15) is 0 Å². The van der Waals surface area contributed by atoms with Gasteiger partial charge in [0.1, 0.15) is 11.7 Å². The van der Waals surface area contributed by atoms with Crippen LogP contribution in [0.15, 0.2) is 34.9 Å². The molecule has 4 rings (SSSR count). The van der Waals surface area contributed by atoms with Crippen molar-refractivity contribution in [3.05, 3.63) is 34.9 Å². The van der Waals surface area contributed by atoms with E-state index < -0.39 is 41.9 Å². The number of allylic oxidation sites excluding steroid dienone is 1. The number of aliphatic hydroxyl groups excluding tert-OH is 3. The van der Waals surface area contributed by atoms with Crippen LogP contribution in [0.1, 0.15) is 48.0 Å². The van der Waals surface area contributed by atoms with Gasteiger partial charge in [-0.3, -0.25) is 0 Å². The highest BCUT2D eigenvalue weighted by molar-refractivity contribution is 5.88. The molecular weight excluding hydrogens is 396 g/mol. The van der Waals surface area contributed by atoms with Gasteiger partial charge in [-0.1, -0.05) is 39.0 Å². The summed E-state index contributed by atoms with van der Waals surface area (Å²) >= 11 is 0. The fourth-order valence-electron chi connectivity index (χ4n) is 7.22. The average Bonchev–Trinajstić information content (AvgIpc) is 3.21. The Labute approximate surface area is 184 Å². The van der Waals surface area contributed by atoms with Crippen LogP contribution < -0.4 is 0 Å². The molecule has 0 radical (unpaired) electrons. The van der Waals surface area contributed by atoms with Crippen LogP contribution in [0.5, 0.6) is 0 Å². The van der Waals surface area contributed by atoms with Crippen LogP contribution in [0, 0.1) is 34.5 Å². The van der Waals surface area contributed by atoms with Crippen molar-refractivity contribution >= 4 is 5.97 Å². The van der Waals surface area contributed by atoms with E-state index in [4.69, 9.17) is 4.74 Å². The molecule has 2 fully saturated rings. The van der Waals surface area contributed by atoms with Crippen molar-refractivity contribution in [3.8, 4) is 0 Å². The van der Waals surface area contributed by atoms with Crippen molar-refractivity contribution in [1.29, 1.82) is 0 Å². The molecule has 2 saturated carbocycles. The molecule has 0 aromatic carbocycles. The molecule has 0 aliphatic heterocycles. The van der Waals surface area contributed by atoms with Gasteiger partial charge in [0.2, 0.25) is 0 Å². The smallest absolute Gasteiger partial charge is 0.334 e. The monoisotopic (exact) mass is 432 g/mol. The quantitative estimate of drug-likeness (QED) is 0.309. The molecule has 6 heteroatoms. The lowest BCUT2D eigenvalue weighted by atomic mass is 9.58. The molecule has 0 saturated heterocycles. The van der Waals surface area contributed by atoms with E-state index in [1.807, 2.05) is 13.0 Å². The summed E-state index contributed by atoms with van der Waals surface area (Å²) in [6.45, 7) is 11.1. The second-order valence-corrected chi connectivity index (χ2v) is 10.8. The number of aliphatic hydroxyl groups is 4. The second kappa shape index (κ2) is 7.01. The maximum absolute atomic E-state index is 12.6. The van der Waals surface area contributed by atoms with Crippen molar-refractivity contribution < 1.29 is 30.0 Å². The van der Waals surface area contributed by atoms with Crippen LogP contribution in [0.25, 0.3) is 0 Å². The zero-order valence-corrected chi connectivity index (χ0v) is 19.3. The number of fused-ring (bicyclic) bond motifs is 3. The first-order valence-corrected chi connectivity index (χ1v) is 11.3. The van der Waals surface area contributed by atoms with Crippen molar-refractivity contribution in [3.63, 3.8) is 0 Å². The molecule has 172 valence electrons. The van der Waals surface area contributed by atoms with E-state index in [1.54, 1.807) is 32.9 Å². The van der Waals surface area contributed by atoms with E-state index in [0.717, 1.165) is 6.42 Å². The Hall–Kier alpha value is -1.47. The summed E-state index contributed by atoms with van der Waals surface area (Å²) in [7, 11) is 0. The Morgan fingerprint density at radius 2 is 1.97 bits per heavy atom. The van der Waals surface area contributed by atoms with Gasteiger partial charge in [-0.25, -0.2) is 4.79 Å². The third-order valence-corrected chi connectivity index (χ3v) is 9.14. The van der Waals surface area contributed by atoms with Crippen LogP contribution in [0.3, 0.4) is 0 Å². The maximum Gasteiger partial charge on any atom is 0.334 e. The minimum atomic E-state index is -1.98. The topological polar surface area (TPSA) is 107 Å². The van der Waals surface area contributed by atoms with Gasteiger partial charge in [0.15, 0.2) is 6.10 Å². The summed E-state index contributed by atoms with van der Waals surface area (Å²) in [4.78, 5) is 12.6. The minimum Gasteiger partial charge on any atom is -0.451 e. The molecule has 4 aliphatic rings. The Bertz CT molecular complexity index is 884. The summed E-state index contributed by atoms with van der Waals surface area (Å²) in [5, 5.41) is 45.7.